The summed E-state index contributed by atoms with van der Waals surface area (Å²) in [4.78, 5) is 12.3. The Kier molecular flexibility index (Phi) is 5.54. The number of hydrogen-bond acceptors (Lipinski definition) is 3. The van der Waals surface area contributed by atoms with Crippen LogP contribution in [0.3, 0.4) is 0 Å². The van der Waals surface area contributed by atoms with Crippen LogP contribution in [0.2, 0.25) is 0 Å². The number of hydrogen-bond donors (Lipinski definition) is 1. The fourth-order valence-electron chi connectivity index (χ4n) is 2.19. The van der Waals surface area contributed by atoms with E-state index in [1.165, 1.54) is 45.3 Å². The molecule has 0 aliphatic carbocycles. The average molecular weight is 368 g/mol. The molecule has 0 aliphatic heterocycles. The van der Waals surface area contributed by atoms with E-state index in [1.807, 2.05) is 0 Å². The zero-order valence-corrected chi connectivity index (χ0v) is 14.8. The lowest BCUT2D eigenvalue weighted by atomic mass is 10.1. The van der Waals surface area contributed by atoms with Gasteiger partial charge in [0.05, 0.1) is 10.9 Å². The Morgan fingerprint density at radius 1 is 1.08 bits per heavy atom. The van der Waals surface area contributed by atoms with Crippen LogP contribution >= 0.6 is 0 Å². The zero-order valence-electron chi connectivity index (χ0n) is 14.0. The lowest BCUT2D eigenvalue weighted by Gasteiger charge is -2.16. The van der Waals surface area contributed by atoms with E-state index in [-0.39, 0.29) is 16.0 Å². The number of nitrogens with zero attached hydrogens (tertiary/aromatic N) is 1. The van der Waals surface area contributed by atoms with Crippen molar-refractivity contribution in [2.24, 2.45) is 0 Å². The van der Waals surface area contributed by atoms with Crippen molar-refractivity contribution in [1.82, 2.24) is 9.62 Å². The molecule has 134 valence electrons. The van der Waals surface area contributed by atoms with Gasteiger partial charge in [-0.05, 0) is 49.4 Å². The zero-order chi connectivity index (χ0) is 18.8. The van der Waals surface area contributed by atoms with Crippen LogP contribution in [0.15, 0.2) is 47.4 Å². The predicted octanol–water partition coefficient (Wildman–Crippen LogP) is 2.71. The second kappa shape index (κ2) is 7.28. The van der Waals surface area contributed by atoms with Gasteiger partial charge in [0.1, 0.15) is 11.6 Å². The molecule has 0 aliphatic rings. The number of carbonyl (C=O) groups excluding carboxylic acids is 1. The van der Waals surface area contributed by atoms with E-state index >= 15 is 0 Å². The van der Waals surface area contributed by atoms with Gasteiger partial charge in [0.15, 0.2) is 0 Å². The van der Waals surface area contributed by atoms with Crippen LogP contribution in [-0.2, 0) is 10.0 Å². The molecule has 0 heterocycles. The highest BCUT2D eigenvalue weighted by Gasteiger charge is 2.19. The summed E-state index contributed by atoms with van der Waals surface area (Å²) >= 11 is 0. The molecule has 2 rings (SSSR count). The Hall–Kier alpha value is -2.32. The molecule has 1 amide bonds. The van der Waals surface area contributed by atoms with Gasteiger partial charge in [-0.1, -0.05) is 0 Å². The summed E-state index contributed by atoms with van der Waals surface area (Å²) in [7, 11) is -0.770. The molecule has 1 unspecified atom stereocenters. The molecule has 25 heavy (non-hydrogen) atoms. The largest absolute Gasteiger partial charge is 0.345 e. The number of rotatable bonds is 5. The molecule has 0 radical (unpaired) electrons. The first kappa shape index (κ1) is 19.0. The summed E-state index contributed by atoms with van der Waals surface area (Å²) in [6.45, 7) is 1.53. The lowest BCUT2D eigenvalue weighted by molar-refractivity contribution is 0.0939. The molecule has 0 bridgehead atoms. The van der Waals surface area contributed by atoms with E-state index in [4.69, 9.17) is 0 Å². The van der Waals surface area contributed by atoms with E-state index in [2.05, 4.69) is 5.32 Å². The Morgan fingerprint density at radius 2 is 1.68 bits per heavy atom. The van der Waals surface area contributed by atoms with Gasteiger partial charge in [0.2, 0.25) is 10.0 Å². The van der Waals surface area contributed by atoms with Crippen LogP contribution in [0.25, 0.3) is 0 Å². The monoisotopic (exact) mass is 368 g/mol. The van der Waals surface area contributed by atoms with Crippen LogP contribution in [0, 0.1) is 11.6 Å². The molecule has 0 spiro atoms. The molecular formula is C17H18F2N2O3S. The van der Waals surface area contributed by atoms with E-state index in [1.54, 1.807) is 0 Å². The van der Waals surface area contributed by atoms with Gasteiger partial charge in [0, 0.05) is 25.2 Å². The van der Waals surface area contributed by atoms with Gasteiger partial charge < -0.3 is 5.32 Å². The second-order valence-corrected chi connectivity index (χ2v) is 7.82. The summed E-state index contributed by atoms with van der Waals surface area (Å²) in [6.07, 6.45) is 0. The van der Waals surface area contributed by atoms with E-state index in [9.17, 15) is 22.0 Å². The number of halogens is 2. The van der Waals surface area contributed by atoms with Crippen LogP contribution in [0.5, 0.6) is 0 Å². The van der Waals surface area contributed by atoms with Gasteiger partial charge in [-0.25, -0.2) is 21.5 Å². The SMILES string of the molecule is CC(NC(=O)c1ccc(S(=O)(=O)N(C)C)cc1)c1cc(F)ccc1F. The highest BCUT2D eigenvalue weighted by molar-refractivity contribution is 7.89. The van der Waals surface area contributed by atoms with Crippen LogP contribution in [-0.4, -0.2) is 32.7 Å². The van der Waals surface area contributed by atoms with Gasteiger partial charge in [-0.2, -0.15) is 0 Å². The molecule has 5 nitrogen and oxygen atoms in total. The molecule has 0 saturated carbocycles. The fourth-order valence-corrected chi connectivity index (χ4v) is 3.09. The topological polar surface area (TPSA) is 66.5 Å². The number of nitrogens with one attached hydrogen (secondary N) is 1. The number of benzene rings is 2. The fraction of sp³-hybridized carbons (Fsp3) is 0.235. The minimum Gasteiger partial charge on any atom is -0.345 e. The quantitative estimate of drug-likeness (QED) is 0.882. The van der Waals surface area contributed by atoms with Crippen LogP contribution in [0.4, 0.5) is 8.78 Å². The first-order valence-electron chi connectivity index (χ1n) is 7.41. The van der Waals surface area contributed by atoms with Gasteiger partial charge >= 0.3 is 0 Å². The summed E-state index contributed by atoms with van der Waals surface area (Å²) in [5.74, 6) is -1.75. The van der Waals surface area contributed by atoms with E-state index < -0.39 is 33.6 Å². The van der Waals surface area contributed by atoms with Crippen molar-refractivity contribution >= 4 is 15.9 Å². The van der Waals surface area contributed by atoms with E-state index in [0.29, 0.717) is 0 Å². The van der Waals surface area contributed by atoms with Gasteiger partial charge in [-0.3, -0.25) is 4.79 Å². The third-order valence-electron chi connectivity index (χ3n) is 3.67. The number of carbonyl (C=O) groups is 1. The van der Waals surface area contributed by atoms with Crippen molar-refractivity contribution in [1.29, 1.82) is 0 Å². The van der Waals surface area contributed by atoms with Gasteiger partial charge in [0.25, 0.3) is 5.91 Å². The highest BCUT2D eigenvalue weighted by Crippen LogP contribution is 2.19. The Bertz CT molecular complexity index is 881. The maximum atomic E-state index is 13.7. The summed E-state index contributed by atoms with van der Waals surface area (Å²) in [6, 6.07) is 7.61. The van der Waals surface area contributed by atoms with Crippen molar-refractivity contribution in [2.45, 2.75) is 17.9 Å². The molecule has 1 N–H and O–H groups in total. The first-order valence-corrected chi connectivity index (χ1v) is 8.85. The molecule has 2 aromatic rings. The number of amides is 1. The molecule has 2 aromatic carbocycles. The molecule has 0 fully saturated rings. The van der Waals surface area contributed by atoms with Crippen molar-refractivity contribution in [3.63, 3.8) is 0 Å². The average Bonchev–Trinajstić information content (AvgIpc) is 2.56. The standard InChI is InChI=1S/C17H18F2N2O3S/c1-11(15-10-13(18)6-9-16(15)19)20-17(22)12-4-7-14(8-5-12)25(23,24)21(2)3/h4-11H,1-3H3,(H,20,22). The minimum absolute atomic E-state index is 0.0279. The smallest absolute Gasteiger partial charge is 0.251 e. The molecule has 1 atom stereocenters. The Morgan fingerprint density at radius 3 is 2.24 bits per heavy atom. The Labute approximate surface area is 145 Å². The summed E-state index contributed by atoms with van der Waals surface area (Å²) in [5.41, 5.74) is 0.238. The van der Waals surface area contributed by atoms with Crippen molar-refractivity contribution in [3.05, 3.63) is 65.2 Å². The minimum atomic E-state index is -3.59. The summed E-state index contributed by atoms with van der Waals surface area (Å²) in [5, 5.41) is 2.56. The third-order valence-corrected chi connectivity index (χ3v) is 5.50. The van der Waals surface area contributed by atoms with Crippen molar-refractivity contribution in [3.8, 4) is 0 Å². The van der Waals surface area contributed by atoms with Crippen LogP contribution in [0.1, 0.15) is 28.9 Å². The third kappa shape index (κ3) is 4.21. The summed E-state index contributed by atoms with van der Waals surface area (Å²) < 4.78 is 52.0. The van der Waals surface area contributed by atoms with E-state index in [0.717, 1.165) is 22.5 Å². The molecular weight excluding hydrogens is 350 g/mol. The normalized spacial score (nSPS) is 12.9. The maximum absolute atomic E-state index is 13.7. The second-order valence-electron chi connectivity index (χ2n) is 5.67. The first-order chi connectivity index (χ1) is 11.6. The Balaban J connectivity index is 2.17. The molecule has 0 saturated heterocycles. The van der Waals surface area contributed by atoms with Crippen LogP contribution < -0.4 is 5.32 Å². The van der Waals surface area contributed by atoms with Crippen molar-refractivity contribution < 1.29 is 22.0 Å². The molecule has 0 aromatic heterocycles. The maximum Gasteiger partial charge on any atom is 0.251 e. The van der Waals surface area contributed by atoms with Crippen molar-refractivity contribution in [2.75, 3.05) is 14.1 Å². The molecule has 8 heteroatoms. The predicted molar refractivity (Wildman–Crippen MR) is 89.6 cm³/mol. The lowest BCUT2D eigenvalue weighted by Crippen LogP contribution is -2.27. The highest BCUT2D eigenvalue weighted by atomic mass is 32.2. The van der Waals surface area contributed by atoms with Gasteiger partial charge in [-0.15, -0.1) is 0 Å². The number of sulfonamides is 1.